The van der Waals surface area contributed by atoms with Gasteiger partial charge in [0.2, 0.25) is 0 Å². The maximum Gasteiger partial charge on any atom is 0.432 e. The van der Waals surface area contributed by atoms with Crippen LogP contribution in [0.2, 0.25) is 0 Å². The topological polar surface area (TPSA) is 87.0 Å². The molecule has 0 aliphatic heterocycles. The number of aliphatic hydroxyl groups excluding tert-OH is 1. The third-order valence-electron chi connectivity index (χ3n) is 1.86. The molecule has 1 unspecified atom stereocenters. The molecule has 1 aromatic rings. The van der Waals surface area contributed by atoms with Gasteiger partial charge in [-0.3, -0.25) is 0 Å². The van der Waals surface area contributed by atoms with Crippen molar-refractivity contribution >= 4 is 7.60 Å². The number of hydrogen-bond acceptors (Lipinski definition) is 4. The van der Waals surface area contributed by atoms with E-state index < -0.39 is 13.6 Å². The van der Waals surface area contributed by atoms with Crippen molar-refractivity contribution in [2.75, 3.05) is 0 Å². The summed E-state index contributed by atoms with van der Waals surface area (Å²) in [6.07, 6.45) is 0.847. The van der Waals surface area contributed by atoms with Crippen LogP contribution in [0.4, 0.5) is 0 Å². The highest BCUT2D eigenvalue weighted by atomic mass is 31.2. The lowest BCUT2D eigenvalue weighted by atomic mass is 10.2. The number of hydrogen-bond donors (Lipinski definition) is 3. The van der Waals surface area contributed by atoms with E-state index >= 15 is 0 Å². The van der Waals surface area contributed by atoms with Crippen LogP contribution < -0.4 is 4.52 Å². The summed E-state index contributed by atoms with van der Waals surface area (Å²) in [7, 11) is -4.40. The zero-order chi connectivity index (χ0) is 11.5. The highest BCUT2D eigenvalue weighted by Crippen LogP contribution is 2.45. The number of aliphatic hydroxyl groups is 2. The van der Waals surface area contributed by atoms with E-state index in [4.69, 9.17) is 15.1 Å². The van der Waals surface area contributed by atoms with Crippen molar-refractivity contribution in [1.29, 1.82) is 0 Å². The van der Waals surface area contributed by atoms with Crippen LogP contribution in [0, 0.1) is 0 Å². The summed E-state index contributed by atoms with van der Waals surface area (Å²) < 4.78 is 15.6. The van der Waals surface area contributed by atoms with Crippen molar-refractivity contribution in [2.24, 2.45) is 0 Å². The fourth-order valence-corrected chi connectivity index (χ4v) is 1.50. The zero-order valence-electron chi connectivity index (χ0n) is 8.20. The molecule has 0 bridgehead atoms. The van der Waals surface area contributed by atoms with Crippen molar-refractivity contribution in [3.05, 3.63) is 29.8 Å². The van der Waals surface area contributed by atoms with Crippen molar-refractivity contribution in [2.45, 2.75) is 19.4 Å². The lowest BCUT2D eigenvalue weighted by Crippen LogP contribution is -2.09. The molecule has 0 spiro atoms. The van der Waals surface area contributed by atoms with Gasteiger partial charge in [-0.05, 0) is 24.1 Å². The normalized spacial score (nSPS) is 15.0. The predicted octanol–water partition coefficient (Wildman–Crippen LogP) is 1.08. The van der Waals surface area contributed by atoms with Gasteiger partial charge in [-0.1, -0.05) is 19.1 Å². The van der Waals surface area contributed by atoms with Crippen LogP contribution in [0.5, 0.6) is 5.75 Å². The fraction of sp³-hybridized carbons (Fsp3) is 0.333. The lowest BCUT2D eigenvalue weighted by Gasteiger charge is -2.14. The average molecular weight is 232 g/mol. The molecule has 1 aromatic carbocycles. The molecule has 0 aliphatic carbocycles. The van der Waals surface area contributed by atoms with E-state index in [1.807, 2.05) is 6.92 Å². The number of aryl methyl sites for hydroxylation is 1. The molecule has 0 amide bonds. The Balaban J connectivity index is 2.77. The van der Waals surface area contributed by atoms with Crippen molar-refractivity contribution < 1.29 is 24.2 Å². The molecular weight excluding hydrogens is 219 g/mol. The van der Waals surface area contributed by atoms with Crippen LogP contribution in [0.25, 0.3) is 0 Å². The lowest BCUT2D eigenvalue weighted by molar-refractivity contribution is 0.0107. The minimum absolute atomic E-state index is 0.131. The Hall–Kier alpha value is -0.870. The molecule has 0 heterocycles. The molecule has 6 heteroatoms. The number of benzene rings is 1. The highest BCUT2D eigenvalue weighted by molar-refractivity contribution is 7.53. The van der Waals surface area contributed by atoms with Gasteiger partial charge in [0.25, 0.3) is 6.03 Å². The Bertz CT molecular complexity index is 359. The van der Waals surface area contributed by atoms with Crippen LogP contribution in [0.3, 0.4) is 0 Å². The summed E-state index contributed by atoms with van der Waals surface area (Å²) in [6, 6.07) is 4.09. The van der Waals surface area contributed by atoms with Gasteiger partial charge in [0, 0.05) is 0 Å². The third-order valence-corrected chi connectivity index (χ3v) is 2.92. The van der Waals surface area contributed by atoms with Crippen LogP contribution in [-0.4, -0.2) is 21.1 Å². The third kappa shape index (κ3) is 3.32. The van der Waals surface area contributed by atoms with Crippen molar-refractivity contribution in [1.82, 2.24) is 0 Å². The molecule has 0 fully saturated rings. The van der Waals surface area contributed by atoms with E-state index in [1.165, 1.54) is 12.1 Å². The molecule has 15 heavy (non-hydrogen) atoms. The Morgan fingerprint density at radius 3 is 2.27 bits per heavy atom. The van der Waals surface area contributed by atoms with Gasteiger partial charge in [0.1, 0.15) is 5.75 Å². The summed E-state index contributed by atoms with van der Waals surface area (Å²) in [5.41, 5.74) is 1.06. The summed E-state index contributed by atoms with van der Waals surface area (Å²) in [5.74, 6) is 0.131. The smallest absolute Gasteiger partial charge is 0.421 e. The zero-order valence-corrected chi connectivity index (χ0v) is 9.09. The van der Waals surface area contributed by atoms with E-state index in [2.05, 4.69) is 4.52 Å². The van der Waals surface area contributed by atoms with Crippen molar-refractivity contribution in [3.63, 3.8) is 0 Å². The van der Waals surface area contributed by atoms with Gasteiger partial charge < -0.3 is 19.6 Å². The molecular formula is C9H13O5P. The van der Waals surface area contributed by atoms with E-state index in [0.29, 0.717) is 0 Å². The minimum Gasteiger partial charge on any atom is -0.421 e. The second-order valence-electron chi connectivity index (χ2n) is 3.00. The van der Waals surface area contributed by atoms with E-state index in [9.17, 15) is 4.57 Å². The van der Waals surface area contributed by atoms with Gasteiger partial charge in [-0.25, -0.2) is 4.57 Å². The Morgan fingerprint density at radius 1 is 1.33 bits per heavy atom. The molecule has 0 saturated heterocycles. The quantitative estimate of drug-likeness (QED) is 0.534. The van der Waals surface area contributed by atoms with Gasteiger partial charge in [-0.2, -0.15) is 0 Å². The maximum atomic E-state index is 11.1. The molecule has 5 nitrogen and oxygen atoms in total. The first-order valence-electron chi connectivity index (χ1n) is 4.43. The summed E-state index contributed by atoms with van der Waals surface area (Å²) in [4.78, 5) is 9.00. The standard InChI is InChI=1S/C9H13O5P/c1-2-7-3-5-8(6-4-7)14-15(12,13)9(10)11/h3-6,9-11H,2H2,1H3,(H,12,13). The SMILES string of the molecule is CCc1ccc(OP(=O)(O)C(O)O)cc1. The molecule has 0 radical (unpaired) electrons. The molecule has 1 rings (SSSR count). The van der Waals surface area contributed by atoms with Crippen molar-refractivity contribution in [3.8, 4) is 5.75 Å². The Labute approximate surface area is 87.5 Å². The highest BCUT2D eigenvalue weighted by Gasteiger charge is 2.30. The van der Waals surface area contributed by atoms with Gasteiger partial charge in [0.15, 0.2) is 0 Å². The average Bonchev–Trinajstić information content (AvgIpc) is 2.18. The second kappa shape index (κ2) is 4.77. The summed E-state index contributed by atoms with van der Waals surface area (Å²) in [5, 5.41) is 17.1. The Kier molecular flexibility index (Phi) is 3.88. The molecule has 0 aliphatic rings. The van der Waals surface area contributed by atoms with Crippen LogP contribution >= 0.6 is 7.60 Å². The van der Waals surface area contributed by atoms with Crippen LogP contribution in [-0.2, 0) is 11.0 Å². The van der Waals surface area contributed by atoms with E-state index in [0.717, 1.165) is 12.0 Å². The van der Waals surface area contributed by atoms with Crippen LogP contribution in [0.15, 0.2) is 24.3 Å². The van der Waals surface area contributed by atoms with E-state index in [1.54, 1.807) is 12.1 Å². The second-order valence-corrected chi connectivity index (χ2v) is 4.77. The van der Waals surface area contributed by atoms with Gasteiger partial charge in [0.05, 0.1) is 0 Å². The van der Waals surface area contributed by atoms with Gasteiger partial charge in [-0.15, -0.1) is 0 Å². The van der Waals surface area contributed by atoms with Gasteiger partial charge >= 0.3 is 7.60 Å². The predicted molar refractivity (Wildman–Crippen MR) is 54.5 cm³/mol. The maximum absolute atomic E-state index is 11.1. The number of rotatable bonds is 4. The minimum atomic E-state index is -4.40. The Morgan fingerprint density at radius 2 is 1.87 bits per heavy atom. The molecule has 0 saturated carbocycles. The first-order chi connectivity index (χ1) is 6.95. The van der Waals surface area contributed by atoms with Crippen LogP contribution in [0.1, 0.15) is 12.5 Å². The summed E-state index contributed by atoms with van der Waals surface area (Å²) >= 11 is 0. The first kappa shape index (κ1) is 12.2. The molecule has 84 valence electrons. The fourth-order valence-electron chi connectivity index (χ4n) is 0.984. The molecule has 0 aromatic heterocycles. The first-order valence-corrected chi connectivity index (χ1v) is 6.07. The largest absolute Gasteiger partial charge is 0.432 e. The monoisotopic (exact) mass is 232 g/mol. The summed E-state index contributed by atoms with van der Waals surface area (Å²) in [6.45, 7) is 1.98. The molecule has 1 atom stereocenters. The van der Waals surface area contributed by atoms with E-state index in [-0.39, 0.29) is 5.75 Å². The molecule has 3 N–H and O–H groups in total.